The zero-order valence-corrected chi connectivity index (χ0v) is 23.2. The molecule has 0 radical (unpaired) electrons. The predicted molar refractivity (Wildman–Crippen MR) is 157 cm³/mol. The van der Waals surface area contributed by atoms with Crippen molar-refractivity contribution < 1.29 is 17.6 Å². The molecule has 1 amide bonds. The molecule has 0 spiro atoms. The van der Waals surface area contributed by atoms with Gasteiger partial charge in [-0.05, 0) is 46.8 Å². The van der Waals surface area contributed by atoms with E-state index in [0.29, 0.717) is 0 Å². The fourth-order valence-corrected chi connectivity index (χ4v) is 5.74. The van der Waals surface area contributed by atoms with E-state index in [2.05, 4.69) is 9.71 Å². The Kier molecular flexibility index (Phi) is 8.88. The smallest absolute Gasteiger partial charge is 0.244 e. The first-order valence-electron chi connectivity index (χ1n) is 12.1. The number of hydrogen-bond acceptors (Lipinski definition) is 5. The van der Waals surface area contributed by atoms with E-state index in [-0.39, 0.29) is 18.2 Å². The van der Waals surface area contributed by atoms with Gasteiger partial charge in [-0.2, -0.15) is 4.40 Å². The average Bonchev–Trinajstić information content (AvgIpc) is 2.95. The molecule has 0 heterocycles. The maximum Gasteiger partial charge on any atom is 0.244 e. The highest BCUT2D eigenvalue weighted by Crippen LogP contribution is 2.48. The number of benzene rings is 4. The molecule has 0 aliphatic heterocycles. The van der Waals surface area contributed by atoms with Crippen LogP contribution in [-0.2, 0) is 19.6 Å². The summed E-state index contributed by atoms with van der Waals surface area (Å²) in [7, 11) is -2.48. The molecule has 0 aliphatic carbocycles. The topological polar surface area (TPSA) is 131 Å². The molecule has 0 unspecified atom stereocenters. The van der Waals surface area contributed by atoms with Gasteiger partial charge in [0.2, 0.25) is 21.9 Å². The van der Waals surface area contributed by atoms with Gasteiger partial charge in [-0.1, -0.05) is 91.0 Å². The van der Waals surface area contributed by atoms with Crippen LogP contribution in [0.3, 0.4) is 0 Å². The third-order valence-corrected chi connectivity index (χ3v) is 8.30. The highest BCUT2D eigenvalue weighted by Gasteiger charge is 2.38. The van der Waals surface area contributed by atoms with Crippen molar-refractivity contribution in [2.75, 3.05) is 18.9 Å². The first-order valence-corrected chi connectivity index (χ1v) is 14.4. The van der Waals surface area contributed by atoms with Crippen LogP contribution >= 0.6 is 11.9 Å². The van der Waals surface area contributed by atoms with Crippen molar-refractivity contribution in [2.45, 2.75) is 9.64 Å². The van der Waals surface area contributed by atoms with Crippen LogP contribution in [0.5, 0.6) is 0 Å². The lowest BCUT2D eigenvalue weighted by Crippen LogP contribution is -2.39. The summed E-state index contributed by atoms with van der Waals surface area (Å²) in [6.07, 6.45) is 0. The standard InChI is InChI=1S/C29H28FN5O3S2/c1-35(20-27(36)33-26-18-17-24(19-25(26)30)40(32,37)38)28(31)34-39-29(21-11-5-2-6-12-21,22-13-7-3-8-14-22)23-15-9-4-10-16-23/h2-19H,20H2,1H3,(H2,31,34)(H,33,36)(H2,32,37,38). The third-order valence-electron chi connectivity index (χ3n) is 6.13. The van der Waals surface area contributed by atoms with Crippen LogP contribution in [0, 0.1) is 5.82 Å². The summed E-state index contributed by atoms with van der Waals surface area (Å²) in [5, 5.41) is 7.44. The van der Waals surface area contributed by atoms with Crippen molar-refractivity contribution in [2.24, 2.45) is 15.3 Å². The first-order chi connectivity index (χ1) is 19.1. The van der Waals surface area contributed by atoms with E-state index in [0.717, 1.165) is 34.9 Å². The Balaban J connectivity index is 1.59. The molecule has 11 heteroatoms. The molecule has 4 rings (SSSR count). The van der Waals surface area contributed by atoms with Gasteiger partial charge in [0, 0.05) is 7.05 Å². The molecule has 40 heavy (non-hydrogen) atoms. The van der Waals surface area contributed by atoms with Gasteiger partial charge in [-0.25, -0.2) is 17.9 Å². The number of nitrogens with one attached hydrogen (secondary N) is 1. The fourth-order valence-electron chi connectivity index (χ4n) is 4.12. The number of sulfonamides is 1. The minimum absolute atomic E-state index is 0.0809. The lowest BCUT2D eigenvalue weighted by molar-refractivity contribution is -0.116. The Hall–Kier alpha value is -4.19. The molecule has 206 valence electrons. The summed E-state index contributed by atoms with van der Waals surface area (Å²) in [6.45, 7) is -0.235. The van der Waals surface area contributed by atoms with E-state index in [4.69, 9.17) is 10.9 Å². The number of nitrogens with zero attached hydrogens (tertiary/aromatic N) is 2. The zero-order chi connectivity index (χ0) is 28.8. The lowest BCUT2D eigenvalue weighted by atomic mass is 9.84. The van der Waals surface area contributed by atoms with Crippen molar-refractivity contribution in [1.82, 2.24) is 4.90 Å². The Morgan fingerprint density at radius 3 is 1.80 bits per heavy atom. The monoisotopic (exact) mass is 577 g/mol. The van der Waals surface area contributed by atoms with Crippen molar-refractivity contribution in [3.63, 3.8) is 0 Å². The van der Waals surface area contributed by atoms with Crippen molar-refractivity contribution in [1.29, 1.82) is 0 Å². The SMILES string of the molecule is CN(CC(=O)Nc1ccc(S(N)(=O)=O)cc1F)/C(N)=N/SC(c1ccccc1)(c1ccccc1)c1ccccc1. The third kappa shape index (κ3) is 6.50. The number of carbonyl (C=O) groups is 1. The maximum absolute atomic E-state index is 14.4. The molecule has 5 N–H and O–H groups in total. The summed E-state index contributed by atoms with van der Waals surface area (Å²) in [5.41, 5.74) is 9.11. The number of hydrogen-bond donors (Lipinski definition) is 3. The number of carbonyl (C=O) groups excluding carboxylic acids is 1. The number of likely N-dealkylation sites (N-methyl/N-ethyl adjacent to an activating group) is 1. The van der Waals surface area contributed by atoms with Crippen LogP contribution < -0.4 is 16.2 Å². The van der Waals surface area contributed by atoms with E-state index in [9.17, 15) is 17.6 Å². The summed E-state index contributed by atoms with van der Waals surface area (Å²) < 4.78 is 41.1. The molecule has 0 aromatic heterocycles. The van der Waals surface area contributed by atoms with Gasteiger partial charge in [-0.15, -0.1) is 0 Å². The fraction of sp³-hybridized carbons (Fsp3) is 0.103. The number of amides is 1. The van der Waals surface area contributed by atoms with Crippen LogP contribution in [0.2, 0.25) is 0 Å². The normalized spacial score (nSPS) is 12.1. The van der Waals surface area contributed by atoms with Gasteiger partial charge in [0.05, 0.1) is 17.1 Å². The summed E-state index contributed by atoms with van der Waals surface area (Å²) in [4.78, 5) is 13.7. The molecule has 0 bridgehead atoms. The molecule has 4 aromatic carbocycles. The van der Waals surface area contributed by atoms with Crippen LogP contribution in [0.25, 0.3) is 0 Å². The molecular weight excluding hydrogens is 549 g/mol. The molecular formula is C29H28FN5O3S2. The van der Waals surface area contributed by atoms with E-state index >= 15 is 0 Å². The summed E-state index contributed by atoms with van der Waals surface area (Å²) in [5.74, 6) is -1.43. The average molecular weight is 578 g/mol. The van der Waals surface area contributed by atoms with Gasteiger partial charge in [0.25, 0.3) is 0 Å². The van der Waals surface area contributed by atoms with Crippen molar-refractivity contribution in [3.8, 4) is 0 Å². The van der Waals surface area contributed by atoms with Crippen LogP contribution in [0.4, 0.5) is 10.1 Å². The molecule has 4 aromatic rings. The Labute approximate surface area is 237 Å². The second-order valence-corrected chi connectivity index (χ2v) is 11.4. The molecule has 8 nitrogen and oxygen atoms in total. The largest absolute Gasteiger partial charge is 0.369 e. The van der Waals surface area contributed by atoms with Gasteiger partial charge in [0.15, 0.2) is 0 Å². The van der Waals surface area contributed by atoms with Gasteiger partial charge in [-0.3, -0.25) is 4.79 Å². The second-order valence-electron chi connectivity index (χ2n) is 8.91. The Morgan fingerprint density at radius 1 is 0.900 bits per heavy atom. The Morgan fingerprint density at radius 2 is 1.38 bits per heavy atom. The van der Waals surface area contributed by atoms with Crippen LogP contribution in [0.1, 0.15) is 16.7 Å². The zero-order valence-electron chi connectivity index (χ0n) is 21.6. The van der Waals surface area contributed by atoms with Crippen molar-refractivity contribution >= 4 is 39.5 Å². The molecule has 0 atom stereocenters. The summed E-state index contributed by atoms with van der Waals surface area (Å²) in [6, 6.07) is 32.8. The van der Waals surface area contributed by atoms with Gasteiger partial charge < -0.3 is 16.0 Å². The second kappa shape index (κ2) is 12.3. The quantitative estimate of drug-likeness (QED) is 0.118. The number of guanidine groups is 1. The number of halogens is 1. The minimum Gasteiger partial charge on any atom is -0.369 e. The van der Waals surface area contributed by atoms with E-state index in [1.807, 2.05) is 91.0 Å². The minimum atomic E-state index is -4.08. The van der Waals surface area contributed by atoms with E-state index in [1.165, 1.54) is 16.8 Å². The first kappa shape index (κ1) is 28.8. The number of rotatable bonds is 9. The Bertz CT molecular complexity index is 1510. The van der Waals surface area contributed by atoms with Gasteiger partial charge in [0.1, 0.15) is 10.6 Å². The van der Waals surface area contributed by atoms with Crippen molar-refractivity contribution in [3.05, 3.63) is 132 Å². The molecule has 0 saturated heterocycles. The van der Waals surface area contributed by atoms with Crippen LogP contribution in [0.15, 0.2) is 118 Å². The van der Waals surface area contributed by atoms with Gasteiger partial charge >= 0.3 is 0 Å². The highest BCUT2D eigenvalue weighted by atomic mass is 32.2. The maximum atomic E-state index is 14.4. The van der Waals surface area contributed by atoms with E-state index < -0.39 is 31.4 Å². The number of nitrogens with two attached hydrogens (primary N) is 2. The molecule has 0 aliphatic rings. The summed E-state index contributed by atoms with van der Waals surface area (Å²) >= 11 is 1.26. The highest BCUT2D eigenvalue weighted by molar-refractivity contribution is 7.99. The number of primary sulfonamides is 1. The number of anilines is 1. The molecule has 0 saturated carbocycles. The predicted octanol–water partition coefficient (Wildman–Crippen LogP) is 4.30. The van der Waals surface area contributed by atoms with Crippen LogP contribution in [-0.4, -0.2) is 38.8 Å². The van der Waals surface area contributed by atoms with E-state index in [1.54, 1.807) is 7.05 Å². The molecule has 0 fully saturated rings. The lowest BCUT2D eigenvalue weighted by Gasteiger charge is -2.33.